The van der Waals surface area contributed by atoms with E-state index >= 15 is 0 Å². The first-order valence-electron chi connectivity index (χ1n) is 5.79. The van der Waals surface area contributed by atoms with E-state index in [4.69, 9.17) is 10.3 Å². The summed E-state index contributed by atoms with van der Waals surface area (Å²) in [6.45, 7) is 5.24. The van der Waals surface area contributed by atoms with E-state index in [9.17, 15) is 0 Å². The average molecular weight is 246 g/mol. The van der Waals surface area contributed by atoms with Gasteiger partial charge in [0.1, 0.15) is 5.52 Å². The normalized spacial score (nSPS) is 11.4. The van der Waals surface area contributed by atoms with Crippen LogP contribution in [-0.2, 0) is 13.1 Å². The molecule has 18 heavy (non-hydrogen) atoms. The van der Waals surface area contributed by atoms with Crippen LogP contribution in [0.4, 0.5) is 5.95 Å². The molecule has 0 radical (unpaired) electrons. The molecule has 3 aromatic rings. The van der Waals surface area contributed by atoms with Crippen molar-refractivity contribution in [3.8, 4) is 0 Å². The van der Waals surface area contributed by atoms with Crippen LogP contribution in [0.1, 0.15) is 18.4 Å². The molecular formula is C11H14N6O. The molecule has 0 aromatic carbocycles. The summed E-state index contributed by atoms with van der Waals surface area (Å²) in [6, 6.07) is 1.81. The van der Waals surface area contributed by atoms with Gasteiger partial charge in [0.15, 0.2) is 11.4 Å². The molecule has 3 heterocycles. The molecule has 0 spiro atoms. The van der Waals surface area contributed by atoms with Crippen LogP contribution in [-0.4, -0.2) is 24.5 Å². The molecule has 3 rings (SSSR count). The molecule has 7 nitrogen and oxygen atoms in total. The first-order valence-corrected chi connectivity index (χ1v) is 5.79. The lowest BCUT2D eigenvalue weighted by Crippen LogP contribution is -2.08. The van der Waals surface area contributed by atoms with Crippen LogP contribution in [0.25, 0.3) is 11.2 Å². The molecule has 0 aliphatic heterocycles. The third kappa shape index (κ3) is 1.47. The van der Waals surface area contributed by atoms with Crippen molar-refractivity contribution in [1.82, 2.24) is 24.5 Å². The molecule has 0 aliphatic rings. The first kappa shape index (κ1) is 10.8. The van der Waals surface area contributed by atoms with E-state index in [1.165, 1.54) is 0 Å². The molecule has 0 saturated heterocycles. The Labute approximate surface area is 103 Å². The largest absolute Gasteiger partial charge is 0.369 e. The summed E-state index contributed by atoms with van der Waals surface area (Å²) >= 11 is 0. The van der Waals surface area contributed by atoms with Crippen molar-refractivity contribution in [2.75, 3.05) is 5.73 Å². The Morgan fingerprint density at radius 2 is 2.28 bits per heavy atom. The van der Waals surface area contributed by atoms with Crippen molar-refractivity contribution >= 4 is 17.1 Å². The minimum Gasteiger partial charge on any atom is -0.369 e. The summed E-state index contributed by atoms with van der Waals surface area (Å²) < 4.78 is 8.89. The molecular weight excluding hydrogens is 232 g/mol. The molecule has 0 amide bonds. The number of imidazole rings is 1. The van der Waals surface area contributed by atoms with Crippen LogP contribution in [0.3, 0.4) is 0 Å². The Balaban J connectivity index is 2.18. The van der Waals surface area contributed by atoms with Crippen molar-refractivity contribution in [2.45, 2.75) is 26.9 Å². The van der Waals surface area contributed by atoms with E-state index < -0.39 is 0 Å². The lowest BCUT2D eigenvalue weighted by atomic mass is 10.4. The van der Waals surface area contributed by atoms with Gasteiger partial charge >= 0.3 is 0 Å². The molecule has 0 unspecified atom stereocenters. The minimum absolute atomic E-state index is 0.462. The summed E-state index contributed by atoms with van der Waals surface area (Å²) in [5.74, 6) is 1.20. The molecule has 0 saturated carbocycles. The van der Waals surface area contributed by atoms with E-state index in [2.05, 4.69) is 15.2 Å². The molecule has 2 N–H and O–H groups in total. The Hall–Kier alpha value is -2.31. The Kier molecular flexibility index (Phi) is 2.32. The maximum atomic E-state index is 5.96. The number of nitrogen functional groups attached to an aromatic ring is 1. The highest BCUT2D eigenvalue weighted by Crippen LogP contribution is 2.22. The number of hydrogen-bond acceptors (Lipinski definition) is 5. The third-order valence-corrected chi connectivity index (χ3v) is 2.93. The highest BCUT2D eigenvalue weighted by atomic mass is 16.5. The third-order valence-electron chi connectivity index (χ3n) is 2.93. The fourth-order valence-electron chi connectivity index (χ4n) is 2.10. The van der Waals surface area contributed by atoms with Gasteiger partial charge in [0.2, 0.25) is 5.95 Å². The van der Waals surface area contributed by atoms with Crippen LogP contribution < -0.4 is 5.73 Å². The number of rotatable bonds is 3. The summed E-state index contributed by atoms with van der Waals surface area (Å²) in [4.78, 5) is 4.36. The molecule has 7 heteroatoms. The summed E-state index contributed by atoms with van der Waals surface area (Å²) in [6.07, 6.45) is 1.61. The van der Waals surface area contributed by atoms with Gasteiger partial charge in [-0.1, -0.05) is 5.16 Å². The number of hydrogen-bond donors (Lipinski definition) is 1. The fraction of sp³-hybridized carbons (Fsp3) is 0.364. The molecule has 0 bridgehead atoms. The molecule has 0 atom stereocenters. The standard InChI is InChI=1S/C11H14N6O/c1-3-17-10-9(7(2)15-17)14-11(12)16(10)6-8-4-5-13-18-8/h4-5H,3,6H2,1-2H3,(H2,12,14). The smallest absolute Gasteiger partial charge is 0.202 e. The second-order valence-electron chi connectivity index (χ2n) is 4.11. The number of anilines is 1. The van der Waals surface area contributed by atoms with Crippen LogP contribution in [0.5, 0.6) is 0 Å². The average Bonchev–Trinajstić information content (AvgIpc) is 3.02. The summed E-state index contributed by atoms with van der Waals surface area (Å²) in [7, 11) is 0. The highest BCUT2D eigenvalue weighted by Gasteiger charge is 2.17. The summed E-state index contributed by atoms with van der Waals surface area (Å²) in [5, 5.41) is 8.12. The predicted molar refractivity (Wildman–Crippen MR) is 65.9 cm³/mol. The van der Waals surface area contributed by atoms with Gasteiger partial charge in [0, 0.05) is 12.6 Å². The van der Waals surface area contributed by atoms with E-state index in [0.717, 1.165) is 29.2 Å². The Morgan fingerprint density at radius 3 is 2.94 bits per heavy atom. The number of aromatic nitrogens is 5. The summed E-state index contributed by atoms with van der Waals surface area (Å²) in [5.41, 5.74) is 8.60. The van der Waals surface area contributed by atoms with Gasteiger partial charge in [-0.05, 0) is 13.8 Å². The van der Waals surface area contributed by atoms with Crippen molar-refractivity contribution in [3.63, 3.8) is 0 Å². The van der Waals surface area contributed by atoms with Gasteiger partial charge in [0.25, 0.3) is 0 Å². The van der Waals surface area contributed by atoms with Gasteiger partial charge in [-0.25, -0.2) is 9.67 Å². The lowest BCUT2D eigenvalue weighted by Gasteiger charge is -2.05. The van der Waals surface area contributed by atoms with Crippen LogP contribution in [0.15, 0.2) is 16.8 Å². The van der Waals surface area contributed by atoms with Crippen molar-refractivity contribution in [1.29, 1.82) is 0 Å². The van der Waals surface area contributed by atoms with Crippen molar-refractivity contribution in [2.24, 2.45) is 0 Å². The second kappa shape index (κ2) is 3.86. The number of aryl methyl sites for hydroxylation is 2. The fourth-order valence-corrected chi connectivity index (χ4v) is 2.10. The maximum absolute atomic E-state index is 5.96. The van der Waals surface area contributed by atoms with E-state index in [1.54, 1.807) is 6.20 Å². The molecule has 0 aliphatic carbocycles. The topological polar surface area (TPSA) is 87.7 Å². The van der Waals surface area contributed by atoms with Crippen LogP contribution in [0, 0.1) is 6.92 Å². The van der Waals surface area contributed by atoms with Gasteiger partial charge in [-0.15, -0.1) is 0 Å². The number of nitrogens with two attached hydrogens (primary N) is 1. The SMILES string of the molecule is CCn1nc(C)c2nc(N)n(Cc3ccno3)c21. The Bertz CT molecular complexity index is 678. The highest BCUT2D eigenvalue weighted by molar-refractivity contribution is 5.77. The quantitative estimate of drug-likeness (QED) is 0.749. The Morgan fingerprint density at radius 1 is 1.44 bits per heavy atom. The zero-order chi connectivity index (χ0) is 12.7. The zero-order valence-electron chi connectivity index (χ0n) is 10.3. The van der Waals surface area contributed by atoms with E-state index in [0.29, 0.717) is 12.5 Å². The van der Waals surface area contributed by atoms with Gasteiger partial charge in [-0.3, -0.25) is 4.57 Å². The molecule has 3 aromatic heterocycles. The van der Waals surface area contributed by atoms with Crippen LogP contribution in [0.2, 0.25) is 0 Å². The van der Waals surface area contributed by atoms with Gasteiger partial charge in [0.05, 0.1) is 18.4 Å². The number of nitrogens with zero attached hydrogens (tertiary/aromatic N) is 5. The van der Waals surface area contributed by atoms with E-state index in [1.807, 2.05) is 29.2 Å². The van der Waals surface area contributed by atoms with Crippen LogP contribution >= 0.6 is 0 Å². The zero-order valence-corrected chi connectivity index (χ0v) is 10.3. The van der Waals surface area contributed by atoms with Gasteiger partial charge < -0.3 is 10.3 Å². The van der Waals surface area contributed by atoms with Crippen molar-refractivity contribution in [3.05, 3.63) is 23.7 Å². The first-order chi connectivity index (χ1) is 8.70. The predicted octanol–water partition coefficient (Wildman–Crippen LogP) is 1.18. The monoisotopic (exact) mass is 246 g/mol. The van der Waals surface area contributed by atoms with Gasteiger partial charge in [-0.2, -0.15) is 5.10 Å². The molecule has 0 fully saturated rings. The van der Waals surface area contributed by atoms with Crippen molar-refractivity contribution < 1.29 is 4.52 Å². The van der Waals surface area contributed by atoms with E-state index in [-0.39, 0.29) is 0 Å². The number of fused-ring (bicyclic) bond motifs is 1. The maximum Gasteiger partial charge on any atom is 0.202 e. The lowest BCUT2D eigenvalue weighted by molar-refractivity contribution is 0.377. The second-order valence-corrected chi connectivity index (χ2v) is 4.11. The molecule has 94 valence electrons. The minimum atomic E-state index is 0.462.